The zero-order chi connectivity index (χ0) is 12.3. The summed E-state index contributed by atoms with van der Waals surface area (Å²) in [6.07, 6.45) is 0. The van der Waals surface area contributed by atoms with Crippen LogP contribution in [0.5, 0.6) is 0 Å². The average Bonchev–Trinajstić information content (AvgIpc) is 2.81. The van der Waals surface area contributed by atoms with Gasteiger partial charge in [-0.25, -0.2) is 4.98 Å². The Balaban J connectivity index is 2.21. The van der Waals surface area contributed by atoms with Crippen molar-refractivity contribution in [1.82, 2.24) is 4.98 Å². The molecule has 0 fully saturated rings. The van der Waals surface area contributed by atoms with Gasteiger partial charge in [-0.2, -0.15) is 0 Å². The van der Waals surface area contributed by atoms with Crippen molar-refractivity contribution in [2.75, 3.05) is 11.9 Å². The van der Waals surface area contributed by atoms with E-state index in [0.29, 0.717) is 0 Å². The third-order valence-electron chi connectivity index (χ3n) is 2.48. The third kappa shape index (κ3) is 3.21. The van der Waals surface area contributed by atoms with E-state index in [2.05, 4.69) is 38.2 Å². The van der Waals surface area contributed by atoms with Crippen LogP contribution in [0.4, 0.5) is 5.69 Å². The Morgan fingerprint density at radius 3 is 2.94 bits per heavy atom. The van der Waals surface area contributed by atoms with Crippen LogP contribution in [0, 0.1) is 0 Å². The van der Waals surface area contributed by atoms with Gasteiger partial charge in [0, 0.05) is 28.5 Å². The van der Waals surface area contributed by atoms with Gasteiger partial charge in [0.2, 0.25) is 0 Å². The second kappa shape index (κ2) is 5.85. The number of anilines is 1. The Labute approximate surface area is 118 Å². The van der Waals surface area contributed by atoms with Gasteiger partial charge in [-0.15, -0.1) is 11.3 Å². The van der Waals surface area contributed by atoms with E-state index in [-0.39, 0.29) is 0 Å². The standard InChI is InChI=1S/C12H12BrClN2S/c1-16(6-11-7-17-8-15-11)12-3-2-10(14)4-9(12)5-13/h2-4,7-8H,5-6H2,1H3. The van der Waals surface area contributed by atoms with E-state index in [1.807, 2.05) is 23.7 Å². The minimum atomic E-state index is 0.769. The Morgan fingerprint density at radius 1 is 1.47 bits per heavy atom. The zero-order valence-electron chi connectivity index (χ0n) is 9.36. The van der Waals surface area contributed by atoms with Gasteiger partial charge in [0.15, 0.2) is 0 Å². The minimum absolute atomic E-state index is 0.769. The first kappa shape index (κ1) is 12.9. The molecule has 0 aliphatic carbocycles. The summed E-state index contributed by atoms with van der Waals surface area (Å²) in [7, 11) is 2.06. The number of hydrogen-bond acceptors (Lipinski definition) is 3. The van der Waals surface area contributed by atoms with Crippen LogP contribution in [-0.4, -0.2) is 12.0 Å². The molecule has 0 aliphatic heterocycles. The van der Waals surface area contributed by atoms with Crippen LogP contribution in [0.25, 0.3) is 0 Å². The lowest BCUT2D eigenvalue weighted by Crippen LogP contribution is -2.17. The van der Waals surface area contributed by atoms with E-state index in [1.54, 1.807) is 11.3 Å². The van der Waals surface area contributed by atoms with Crippen LogP contribution in [0.15, 0.2) is 29.1 Å². The molecule has 0 saturated carbocycles. The van der Waals surface area contributed by atoms with Crippen molar-refractivity contribution in [3.8, 4) is 0 Å². The molecule has 0 spiro atoms. The molecule has 0 N–H and O–H groups in total. The summed E-state index contributed by atoms with van der Waals surface area (Å²) in [5.41, 5.74) is 5.32. The highest BCUT2D eigenvalue weighted by Crippen LogP contribution is 2.26. The molecule has 2 aromatic rings. The van der Waals surface area contributed by atoms with Gasteiger partial charge >= 0.3 is 0 Å². The lowest BCUT2D eigenvalue weighted by Gasteiger charge is -2.21. The van der Waals surface area contributed by atoms with Gasteiger partial charge in [0.25, 0.3) is 0 Å². The molecule has 0 saturated heterocycles. The molecule has 0 unspecified atom stereocenters. The lowest BCUT2D eigenvalue weighted by atomic mass is 10.2. The van der Waals surface area contributed by atoms with Crippen molar-refractivity contribution in [2.45, 2.75) is 11.9 Å². The largest absolute Gasteiger partial charge is 0.368 e. The van der Waals surface area contributed by atoms with Crippen LogP contribution in [0.1, 0.15) is 11.3 Å². The summed E-state index contributed by atoms with van der Waals surface area (Å²) >= 11 is 11.1. The first-order chi connectivity index (χ1) is 8.20. The topological polar surface area (TPSA) is 16.1 Å². The number of hydrogen-bond donors (Lipinski definition) is 0. The smallest absolute Gasteiger partial charge is 0.0795 e. The predicted molar refractivity (Wildman–Crippen MR) is 78.3 cm³/mol. The number of aromatic nitrogens is 1. The summed E-state index contributed by atoms with van der Waals surface area (Å²) < 4.78 is 0. The molecule has 0 amide bonds. The Hall–Kier alpha value is -0.580. The number of thiazole rings is 1. The highest BCUT2D eigenvalue weighted by molar-refractivity contribution is 9.08. The van der Waals surface area contributed by atoms with E-state index in [4.69, 9.17) is 11.6 Å². The Bertz CT molecular complexity index is 487. The van der Waals surface area contributed by atoms with Gasteiger partial charge in [0.1, 0.15) is 0 Å². The van der Waals surface area contributed by atoms with Crippen LogP contribution >= 0.6 is 38.9 Å². The van der Waals surface area contributed by atoms with Crippen LogP contribution in [-0.2, 0) is 11.9 Å². The molecule has 1 aromatic carbocycles. The lowest BCUT2D eigenvalue weighted by molar-refractivity contribution is 0.890. The molecule has 0 radical (unpaired) electrons. The number of benzene rings is 1. The monoisotopic (exact) mass is 330 g/mol. The maximum absolute atomic E-state index is 5.99. The van der Waals surface area contributed by atoms with Crippen molar-refractivity contribution < 1.29 is 0 Å². The van der Waals surface area contributed by atoms with E-state index in [1.165, 1.54) is 11.3 Å². The van der Waals surface area contributed by atoms with Crippen LogP contribution < -0.4 is 4.90 Å². The molecule has 0 bridgehead atoms. The second-order valence-corrected chi connectivity index (χ2v) is 5.46. The molecule has 90 valence electrons. The normalized spacial score (nSPS) is 10.5. The Kier molecular flexibility index (Phi) is 4.42. The summed E-state index contributed by atoms with van der Waals surface area (Å²) in [5.74, 6) is 0. The maximum atomic E-state index is 5.99. The molecule has 0 atom stereocenters. The molecule has 2 nitrogen and oxygen atoms in total. The van der Waals surface area contributed by atoms with E-state index in [0.717, 1.165) is 22.6 Å². The summed E-state index contributed by atoms with van der Waals surface area (Å²) in [6.45, 7) is 0.811. The first-order valence-electron chi connectivity index (χ1n) is 5.13. The van der Waals surface area contributed by atoms with Gasteiger partial charge in [-0.3, -0.25) is 0 Å². The highest BCUT2D eigenvalue weighted by Gasteiger charge is 2.08. The molecular weight excluding hydrogens is 320 g/mol. The number of alkyl halides is 1. The number of halogens is 2. The van der Waals surface area contributed by atoms with Gasteiger partial charge < -0.3 is 4.90 Å². The van der Waals surface area contributed by atoms with E-state index < -0.39 is 0 Å². The van der Waals surface area contributed by atoms with Gasteiger partial charge in [-0.05, 0) is 23.8 Å². The van der Waals surface area contributed by atoms with E-state index >= 15 is 0 Å². The summed E-state index contributed by atoms with van der Waals surface area (Å²) in [4.78, 5) is 6.48. The summed E-state index contributed by atoms with van der Waals surface area (Å²) in [5, 5.41) is 3.63. The maximum Gasteiger partial charge on any atom is 0.0795 e. The fraction of sp³-hybridized carbons (Fsp3) is 0.250. The van der Waals surface area contributed by atoms with Gasteiger partial charge in [0.05, 0.1) is 17.7 Å². The van der Waals surface area contributed by atoms with Crippen LogP contribution in [0.2, 0.25) is 5.02 Å². The summed E-state index contributed by atoms with van der Waals surface area (Å²) in [6, 6.07) is 5.95. The van der Waals surface area contributed by atoms with Crippen molar-refractivity contribution in [2.24, 2.45) is 0 Å². The van der Waals surface area contributed by atoms with E-state index in [9.17, 15) is 0 Å². The molecule has 1 heterocycles. The van der Waals surface area contributed by atoms with Crippen molar-refractivity contribution in [1.29, 1.82) is 0 Å². The highest BCUT2D eigenvalue weighted by atomic mass is 79.9. The average molecular weight is 332 g/mol. The SMILES string of the molecule is CN(Cc1cscn1)c1ccc(Cl)cc1CBr. The van der Waals surface area contributed by atoms with Crippen molar-refractivity contribution in [3.05, 3.63) is 45.4 Å². The van der Waals surface area contributed by atoms with Crippen molar-refractivity contribution >= 4 is 44.6 Å². The molecule has 2 rings (SSSR count). The fourth-order valence-corrected chi connectivity index (χ4v) is 2.87. The van der Waals surface area contributed by atoms with Crippen molar-refractivity contribution in [3.63, 3.8) is 0 Å². The molecule has 5 heteroatoms. The number of rotatable bonds is 4. The fourth-order valence-electron chi connectivity index (χ4n) is 1.68. The third-order valence-corrected chi connectivity index (χ3v) is 3.95. The molecular formula is C12H12BrClN2S. The second-order valence-electron chi connectivity index (χ2n) is 3.74. The first-order valence-corrected chi connectivity index (χ1v) is 7.57. The molecule has 0 aliphatic rings. The van der Waals surface area contributed by atoms with Gasteiger partial charge in [-0.1, -0.05) is 27.5 Å². The quantitative estimate of drug-likeness (QED) is 0.775. The minimum Gasteiger partial charge on any atom is -0.368 e. The van der Waals surface area contributed by atoms with Crippen LogP contribution in [0.3, 0.4) is 0 Å². The molecule has 17 heavy (non-hydrogen) atoms. The number of nitrogens with zero attached hydrogens (tertiary/aromatic N) is 2. The Morgan fingerprint density at radius 2 is 2.29 bits per heavy atom. The predicted octanol–water partition coefficient (Wildman–Crippen LogP) is 4.33. The zero-order valence-corrected chi connectivity index (χ0v) is 12.5. The molecule has 1 aromatic heterocycles.